The molecule has 0 N–H and O–H groups in total. The molecule has 3 heterocycles. The minimum absolute atomic E-state index is 0.0133. The third-order valence-corrected chi connectivity index (χ3v) is 7.26. The molecule has 0 aromatic carbocycles. The van der Waals surface area contributed by atoms with E-state index in [0.29, 0.717) is 24.3 Å². The van der Waals surface area contributed by atoms with Crippen LogP contribution in [0, 0.1) is 11.3 Å². The molecule has 0 bridgehead atoms. The third-order valence-electron chi connectivity index (χ3n) is 4.07. The van der Waals surface area contributed by atoms with Gasteiger partial charge in [-0.25, -0.2) is 4.98 Å². The molecule has 0 spiro atoms. The average Bonchev–Trinajstić information content (AvgIpc) is 3.24. The Balaban J connectivity index is 1.82. The van der Waals surface area contributed by atoms with Gasteiger partial charge < -0.3 is 4.90 Å². The monoisotopic (exact) mass is 335 g/mol. The van der Waals surface area contributed by atoms with Crippen LogP contribution < -0.4 is 0 Å². The highest BCUT2D eigenvalue weighted by Crippen LogP contribution is 2.30. The Bertz CT molecular complexity index is 653. The fourth-order valence-electron chi connectivity index (χ4n) is 2.95. The number of hydrogen-bond donors (Lipinski definition) is 0. The number of carbonyl (C=O) groups is 2. The van der Waals surface area contributed by atoms with Crippen molar-refractivity contribution < 1.29 is 9.59 Å². The SMILES string of the molecule is N#CC(C(=O)C1CCC(=O)N1Cc1nccs1)=S1CCCC1. The van der Waals surface area contributed by atoms with Gasteiger partial charge >= 0.3 is 0 Å². The first kappa shape index (κ1) is 15.4. The Morgan fingerprint density at radius 1 is 1.50 bits per heavy atom. The minimum Gasteiger partial charge on any atom is -0.325 e. The second-order valence-electron chi connectivity index (χ2n) is 5.42. The van der Waals surface area contributed by atoms with Crippen LogP contribution in [0.5, 0.6) is 0 Å². The number of hydrogen-bond acceptors (Lipinski definition) is 5. The highest BCUT2D eigenvalue weighted by atomic mass is 32.2. The number of nitriles is 1. The molecular weight excluding hydrogens is 318 g/mol. The highest BCUT2D eigenvalue weighted by Gasteiger charge is 2.38. The van der Waals surface area contributed by atoms with Crippen LogP contribution in [0.15, 0.2) is 11.6 Å². The Morgan fingerprint density at radius 3 is 2.91 bits per heavy atom. The van der Waals surface area contributed by atoms with Gasteiger partial charge in [-0.15, -0.1) is 11.3 Å². The fourth-order valence-corrected chi connectivity index (χ4v) is 5.83. The number of ketones is 1. The summed E-state index contributed by atoms with van der Waals surface area (Å²) in [6.07, 6.45) is 4.78. The molecule has 7 heteroatoms. The van der Waals surface area contributed by atoms with Crippen molar-refractivity contribution >= 4 is 38.4 Å². The first-order valence-corrected chi connectivity index (χ1v) is 9.81. The molecule has 2 saturated heterocycles. The van der Waals surface area contributed by atoms with E-state index in [1.807, 2.05) is 5.38 Å². The molecule has 5 nitrogen and oxygen atoms in total. The molecule has 1 amide bonds. The smallest absolute Gasteiger partial charge is 0.223 e. The summed E-state index contributed by atoms with van der Waals surface area (Å²) in [6, 6.07) is 1.67. The number of amides is 1. The number of thiazole rings is 1. The molecular formula is C15H17N3O2S2. The largest absolute Gasteiger partial charge is 0.325 e. The van der Waals surface area contributed by atoms with Crippen molar-refractivity contribution in [1.82, 2.24) is 9.88 Å². The fraction of sp³-hybridized carbons (Fsp3) is 0.533. The Kier molecular flexibility index (Phi) is 4.69. The Hall–Kier alpha value is -1.52. The molecule has 1 unspecified atom stereocenters. The molecule has 22 heavy (non-hydrogen) atoms. The van der Waals surface area contributed by atoms with Crippen LogP contribution in [0.3, 0.4) is 0 Å². The van der Waals surface area contributed by atoms with Crippen molar-refractivity contribution in [3.63, 3.8) is 0 Å². The Morgan fingerprint density at radius 2 is 2.27 bits per heavy atom. The van der Waals surface area contributed by atoms with E-state index in [1.54, 1.807) is 11.1 Å². The van der Waals surface area contributed by atoms with E-state index < -0.39 is 6.04 Å². The van der Waals surface area contributed by atoms with Gasteiger partial charge in [-0.3, -0.25) is 9.59 Å². The van der Waals surface area contributed by atoms with Crippen molar-refractivity contribution in [2.24, 2.45) is 0 Å². The summed E-state index contributed by atoms with van der Waals surface area (Å²) >= 11 is 1.48. The molecule has 2 aliphatic heterocycles. The zero-order valence-corrected chi connectivity index (χ0v) is 13.8. The molecule has 0 radical (unpaired) electrons. The highest BCUT2D eigenvalue weighted by molar-refractivity contribution is 8.17. The van der Waals surface area contributed by atoms with Crippen LogP contribution in [-0.2, 0) is 16.1 Å². The molecule has 1 aromatic heterocycles. The van der Waals surface area contributed by atoms with E-state index in [2.05, 4.69) is 11.1 Å². The summed E-state index contributed by atoms with van der Waals surface area (Å²) in [5.74, 6) is 1.75. The summed E-state index contributed by atoms with van der Waals surface area (Å²) in [5.41, 5.74) is 0. The van der Waals surface area contributed by atoms with Crippen LogP contribution >= 0.6 is 21.8 Å². The van der Waals surface area contributed by atoms with Gasteiger partial charge in [0.1, 0.15) is 15.9 Å². The third kappa shape index (κ3) is 2.99. The number of likely N-dealkylation sites (tertiary alicyclic amines) is 1. The van der Waals surface area contributed by atoms with Crippen molar-refractivity contribution in [2.75, 3.05) is 11.5 Å². The van der Waals surface area contributed by atoms with E-state index in [4.69, 9.17) is 0 Å². The van der Waals surface area contributed by atoms with Crippen molar-refractivity contribution in [3.8, 4) is 6.07 Å². The topological polar surface area (TPSA) is 74.1 Å². The molecule has 0 saturated carbocycles. The average molecular weight is 335 g/mol. The van der Waals surface area contributed by atoms with Gasteiger partial charge in [0.15, 0.2) is 0 Å². The summed E-state index contributed by atoms with van der Waals surface area (Å²) in [5, 5.41) is 12.1. The van der Waals surface area contributed by atoms with E-state index in [-0.39, 0.29) is 22.2 Å². The number of Topliss-reactive ketones (excluding diaryl/α,β-unsaturated/α-hetero) is 1. The lowest BCUT2D eigenvalue weighted by Gasteiger charge is -2.23. The predicted molar refractivity (Wildman–Crippen MR) is 87.9 cm³/mol. The van der Waals surface area contributed by atoms with E-state index in [1.165, 1.54) is 11.3 Å². The summed E-state index contributed by atoms with van der Waals surface area (Å²) in [6.45, 7) is 0.374. The second-order valence-corrected chi connectivity index (χ2v) is 8.60. The number of rotatable bonds is 4. The lowest BCUT2D eigenvalue weighted by Crippen LogP contribution is -2.41. The van der Waals surface area contributed by atoms with E-state index in [0.717, 1.165) is 29.4 Å². The normalized spacial score (nSPS) is 22.0. The van der Waals surface area contributed by atoms with Gasteiger partial charge in [-0.1, -0.05) is 0 Å². The van der Waals surface area contributed by atoms with Gasteiger partial charge in [0.25, 0.3) is 0 Å². The molecule has 1 aromatic rings. The minimum atomic E-state index is -0.473. The number of carbonyl (C=O) groups excluding carboxylic acids is 2. The summed E-state index contributed by atoms with van der Waals surface area (Å²) in [7, 11) is -0.201. The zero-order valence-electron chi connectivity index (χ0n) is 12.2. The predicted octanol–water partition coefficient (Wildman–Crippen LogP) is 1.96. The molecule has 116 valence electrons. The van der Waals surface area contributed by atoms with Crippen LogP contribution in [0.25, 0.3) is 0 Å². The van der Waals surface area contributed by atoms with Crippen molar-refractivity contribution in [2.45, 2.75) is 38.3 Å². The van der Waals surface area contributed by atoms with Crippen LogP contribution in [0.2, 0.25) is 0 Å². The zero-order chi connectivity index (χ0) is 15.5. The van der Waals surface area contributed by atoms with Gasteiger partial charge in [-0.05, 0) is 30.8 Å². The van der Waals surface area contributed by atoms with Gasteiger partial charge in [0, 0.05) is 18.0 Å². The second kappa shape index (κ2) is 6.71. The first-order chi connectivity index (χ1) is 10.7. The number of aromatic nitrogens is 1. The van der Waals surface area contributed by atoms with Crippen molar-refractivity contribution in [3.05, 3.63) is 16.6 Å². The standard InChI is InChI=1S/C15H17N3O2S2/c16-9-12(22-7-1-2-8-22)15(20)11-3-4-14(19)18(11)10-13-17-5-6-21-13/h5-6,11H,1-4,7-8,10H2. The quantitative estimate of drug-likeness (QED) is 0.788. The first-order valence-electron chi connectivity index (χ1n) is 7.37. The molecule has 2 fully saturated rings. The van der Waals surface area contributed by atoms with Crippen LogP contribution in [-0.4, -0.2) is 44.0 Å². The van der Waals surface area contributed by atoms with E-state index in [9.17, 15) is 14.9 Å². The van der Waals surface area contributed by atoms with E-state index >= 15 is 0 Å². The molecule has 3 rings (SSSR count). The lowest BCUT2D eigenvalue weighted by atomic mass is 10.1. The van der Waals surface area contributed by atoms with Gasteiger partial charge in [-0.2, -0.15) is 15.7 Å². The van der Waals surface area contributed by atoms with Gasteiger partial charge in [0.05, 0.1) is 12.6 Å². The van der Waals surface area contributed by atoms with Crippen LogP contribution in [0.1, 0.15) is 30.7 Å². The maximum absolute atomic E-state index is 12.8. The summed E-state index contributed by atoms with van der Waals surface area (Å²) < 4.78 is 0. The Labute approximate surface area is 135 Å². The molecule has 2 aliphatic rings. The maximum atomic E-state index is 12.8. The summed E-state index contributed by atoms with van der Waals surface area (Å²) in [4.78, 5) is 31.1. The van der Waals surface area contributed by atoms with Crippen LogP contribution in [0.4, 0.5) is 0 Å². The molecule has 1 atom stereocenters. The molecule has 0 aliphatic carbocycles. The maximum Gasteiger partial charge on any atom is 0.223 e. The van der Waals surface area contributed by atoms with Crippen molar-refractivity contribution in [1.29, 1.82) is 5.26 Å². The number of nitrogens with zero attached hydrogens (tertiary/aromatic N) is 3. The van der Waals surface area contributed by atoms with Gasteiger partial charge in [0.2, 0.25) is 11.7 Å². The lowest BCUT2D eigenvalue weighted by molar-refractivity contribution is -0.132.